The molecule has 0 aliphatic rings. The monoisotopic (exact) mass is 526 g/mol. The van der Waals surface area contributed by atoms with Crippen molar-refractivity contribution in [2.75, 3.05) is 0 Å². The summed E-state index contributed by atoms with van der Waals surface area (Å²) in [5, 5.41) is 8.19. The van der Waals surface area contributed by atoms with Crippen molar-refractivity contribution in [3.63, 3.8) is 0 Å². The Balaban J connectivity index is 1.49. The quantitative estimate of drug-likeness (QED) is 0.213. The van der Waals surface area contributed by atoms with E-state index in [1.165, 1.54) is 38.2 Å². The highest BCUT2D eigenvalue weighted by Crippen LogP contribution is 2.47. The van der Waals surface area contributed by atoms with E-state index in [9.17, 15) is 0 Å². The van der Waals surface area contributed by atoms with Gasteiger partial charge in [0.1, 0.15) is 22.5 Å². The van der Waals surface area contributed by atoms with E-state index in [-0.39, 0.29) is 0 Å². The summed E-state index contributed by atoms with van der Waals surface area (Å²) < 4.78 is 12.6. The van der Waals surface area contributed by atoms with E-state index in [2.05, 4.69) is 110 Å². The minimum absolute atomic E-state index is 0.792. The molecular weight excluding hydrogens is 500 g/mol. The summed E-state index contributed by atoms with van der Waals surface area (Å²) in [6.07, 6.45) is 5.91. The van der Waals surface area contributed by atoms with Gasteiger partial charge < -0.3 is 8.83 Å². The first-order chi connectivity index (χ1) is 20.3. The molecule has 0 unspecified atom stereocenters. The van der Waals surface area contributed by atoms with Crippen LogP contribution in [0.3, 0.4) is 0 Å². The Morgan fingerprint density at radius 2 is 1.20 bits per heavy atom. The van der Waals surface area contributed by atoms with Crippen LogP contribution in [0.5, 0.6) is 0 Å². The largest absolute Gasteiger partial charge is 0.456 e. The number of hydrogen-bond acceptors (Lipinski definition) is 2. The van der Waals surface area contributed by atoms with Crippen LogP contribution < -0.4 is 0 Å². The van der Waals surface area contributed by atoms with E-state index in [1.54, 1.807) is 6.08 Å². The first kappa shape index (κ1) is 23.5. The Morgan fingerprint density at radius 1 is 0.561 bits per heavy atom. The molecule has 6 aromatic carbocycles. The Hall–Kier alpha value is -5.34. The molecule has 41 heavy (non-hydrogen) atoms. The molecule has 0 atom stereocenters. The normalized spacial score (nSPS) is 12.0. The second-order valence-corrected chi connectivity index (χ2v) is 10.4. The molecule has 0 amide bonds. The summed E-state index contributed by atoms with van der Waals surface area (Å²) in [6.45, 7) is 5.99. The van der Waals surface area contributed by atoms with Crippen LogP contribution in [0.25, 0.3) is 88.9 Å². The average molecular weight is 527 g/mol. The fraction of sp³-hybridized carbons (Fsp3) is 0.0256. The van der Waals surface area contributed by atoms with Crippen LogP contribution in [-0.2, 0) is 0 Å². The fourth-order valence-electron chi connectivity index (χ4n) is 6.49. The van der Waals surface area contributed by atoms with Crippen molar-refractivity contribution >= 4 is 66.6 Å². The molecule has 2 heteroatoms. The van der Waals surface area contributed by atoms with Crippen molar-refractivity contribution in [1.82, 2.24) is 0 Å². The fourth-order valence-corrected chi connectivity index (χ4v) is 6.49. The summed E-state index contributed by atoms with van der Waals surface area (Å²) in [5.74, 6) is 0.792. The van der Waals surface area contributed by atoms with Crippen molar-refractivity contribution < 1.29 is 8.83 Å². The van der Waals surface area contributed by atoms with Gasteiger partial charge >= 0.3 is 0 Å². The molecule has 2 heterocycles. The van der Waals surface area contributed by atoms with Crippen molar-refractivity contribution in [2.24, 2.45) is 0 Å². The Morgan fingerprint density at radius 3 is 1.88 bits per heavy atom. The van der Waals surface area contributed by atoms with Gasteiger partial charge in [0.05, 0.1) is 0 Å². The van der Waals surface area contributed by atoms with Crippen LogP contribution >= 0.6 is 0 Å². The lowest BCUT2D eigenvalue weighted by Crippen LogP contribution is -1.91. The van der Waals surface area contributed by atoms with E-state index in [0.717, 1.165) is 49.8 Å². The molecule has 8 aromatic rings. The van der Waals surface area contributed by atoms with Gasteiger partial charge in [0, 0.05) is 21.7 Å². The Labute approximate surface area is 237 Å². The van der Waals surface area contributed by atoms with Crippen LogP contribution in [-0.4, -0.2) is 0 Å². The number of furan rings is 2. The molecule has 194 valence electrons. The molecule has 2 nitrogen and oxygen atoms in total. The number of allylic oxidation sites excluding steroid dienone is 1. The second kappa shape index (κ2) is 9.11. The van der Waals surface area contributed by atoms with Gasteiger partial charge in [0.2, 0.25) is 0 Å². The molecule has 0 radical (unpaired) electrons. The third kappa shape index (κ3) is 3.44. The lowest BCUT2D eigenvalue weighted by Gasteiger charge is -2.18. The molecule has 0 bridgehead atoms. The zero-order valence-electron chi connectivity index (χ0n) is 22.6. The number of fused-ring (bicyclic) bond motifs is 6. The van der Waals surface area contributed by atoms with Crippen molar-refractivity contribution in [1.29, 1.82) is 0 Å². The van der Waals surface area contributed by atoms with Gasteiger partial charge in [-0.2, -0.15) is 0 Å². The number of hydrogen-bond donors (Lipinski definition) is 0. The molecule has 0 aliphatic heterocycles. The lowest BCUT2D eigenvalue weighted by atomic mass is 9.85. The van der Waals surface area contributed by atoms with Crippen LogP contribution in [0.4, 0.5) is 0 Å². The minimum atomic E-state index is 0.792. The SMILES string of the molecule is C=Cc1oc2cc(-c3c4ccccc4c(-c4cccc5oc6ccccc6c45)c4ccccc34)ccc2c1/C=C\C. The van der Waals surface area contributed by atoms with E-state index in [0.29, 0.717) is 0 Å². The number of rotatable bonds is 4. The van der Waals surface area contributed by atoms with Gasteiger partial charge in [-0.05, 0) is 81.1 Å². The molecular formula is C39H26O2. The highest BCUT2D eigenvalue weighted by Gasteiger charge is 2.20. The number of para-hydroxylation sites is 1. The first-order valence-electron chi connectivity index (χ1n) is 13.9. The predicted octanol–water partition coefficient (Wildman–Crippen LogP) is 11.6. The third-order valence-electron chi connectivity index (χ3n) is 8.17. The maximum atomic E-state index is 6.29. The molecule has 8 rings (SSSR count). The molecule has 0 spiro atoms. The highest BCUT2D eigenvalue weighted by molar-refractivity contribution is 6.25. The van der Waals surface area contributed by atoms with E-state index >= 15 is 0 Å². The van der Waals surface area contributed by atoms with Crippen LogP contribution in [0, 0.1) is 0 Å². The van der Waals surface area contributed by atoms with Crippen LogP contribution in [0.2, 0.25) is 0 Å². The number of benzene rings is 6. The lowest BCUT2D eigenvalue weighted by molar-refractivity contribution is 0.603. The molecule has 0 aliphatic carbocycles. The van der Waals surface area contributed by atoms with Gasteiger partial charge in [0.15, 0.2) is 0 Å². The first-order valence-corrected chi connectivity index (χ1v) is 13.9. The summed E-state index contributed by atoms with van der Waals surface area (Å²) in [7, 11) is 0. The van der Waals surface area contributed by atoms with Gasteiger partial charge in [-0.15, -0.1) is 0 Å². The van der Waals surface area contributed by atoms with Crippen molar-refractivity contribution in [3.8, 4) is 22.3 Å². The maximum Gasteiger partial charge on any atom is 0.136 e. The summed E-state index contributed by atoms with van der Waals surface area (Å²) in [6, 6.07) is 38.7. The molecule has 0 saturated heterocycles. The predicted molar refractivity (Wildman–Crippen MR) is 174 cm³/mol. The van der Waals surface area contributed by atoms with Gasteiger partial charge in [-0.3, -0.25) is 0 Å². The van der Waals surface area contributed by atoms with Gasteiger partial charge in [0.25, 0.3) is 0 Å². The zero-order chi connectivity index (χ0) is 27.5. The molecule has 2 aromatic heterocycles. The topological polar surface area (TPSA) is 26.3 Å². The molecule has 0 fully saturated rings. The van der Waals surface area contributed by atoms with E-state index in [1.807, 2.05) is 25.1 Å². The Kier molecular flexibility index (Phi) is 5.23. The van der Waals surface area contributed by atoms with Gasteiger partial charge in [-0.1, -0.05) is 104 Å². The Bertz CT molecular complexity index is 2290. The average Bonchev–Trinajstić information content (AvgIpc) is 3.57. The highest BCUT2D eigenvalue weighted by atomic mass is 16.3. The smallest absolute Gasteiger partial charge is 0.136 e. The van der Waals surface area contributed by atoms with Crippen molar-refractivity contribution in [2.45, 2.75) is 6.92 Å². The third-order valence-corrected chi connectivity index (χ3v) is 8.17. The van der Waals surface area contributed by atoms with E-state index in [4.69, 9.17) is 8.83 Å². The second-order valence-electron chi connectivity index (χ2n) is 10.4. The zero-order valence-corrected chi connectivity index (χ0v) is 22.6. The van der Waals surface area contributed by atoms with Crippen LogP contribution in [0.15, 0.2) is 131 Å². The standard InChI is InChI=1S/C39H26O2/c1-3-12-25-26-22-21-24(23-36(26)40-33(25)4-2)37-27-13-5-7-15-29(27)38(30-16-8-6-14-28(30)37)32-18-11-20-35-39(32)31-17-9-10-19-34(31)41-35/h3-23H,2H2,1H3/b12-3-. The van der Waals surface area contributed by atoms with Gasteiger partial charge in [-0.25, -0.2) is 0 Å². The van der Waals surface area contributed by atoms with Crippen molar-refractivity contribution in [3.05, 3.63) is 133 Å². The summed E-state index contributed by atoms with van der Waals surface area (Å²) in [4.78, 5) is 0. The molecule has 0 saturated carbocycles. The summed E-state index contributed by atoms with van der Waals surface area (Å²) in [5.41, 5.74) is 8.46. The molecule has 0 N–H and O–H groups in total. The van der Waals surface area contributed by atoms with E-state index < -0.39 is 0 Å². The maximum absolute atomic E-state index is 6.29. The van der Waals surface area contributed by atoms with Crippen LogP contribution in [0.1, 0.15) is 18.2 Å². The summed E-state index contributed by atoms with van der Waals surface area (Å²) >= 11 is 0. The minimum Gasteiger partial charge on any atom is -0.456 e.